The molecule has 0 saturated heterocycles. The number of carbonyl (C=O) groups is 1. The van der Waals surface area contributed by atoms with E-state index in [-0.39, 0.29) is 25.6 Å². The first-order chi connectivity index (χ1) is 17.1. The lowest BCUT2D eigenvalue weighted by Gasteiger charge is -2.56. The first kappa shape index (κ1) is 30.4. The molecule has 6 heteroatoms. The topological polar surface area (TPSA) is 118 Å². The average molecular weight is 503 g/mol. The minimum Gasteiger partial charge on any atom is -0.396 e. The van der Waals surface area contributed by atoms with Gasteiger partial charge in [-0.1, -0.05) is 47.6 Å². The zero-order chi connectivity index (χ0) is 26.9. The summed E-state index contributed by atoms with van der Waals surface area (Å²) in [6.07, 6.45) is 11.9. The molecule has 6 nitrogen and oxygen atoms in total. The van der Waals surface area contributed by atoms with Crippen LogP contribution in [0.4, 0.5) is 0 Å². The predicted molar refractivity (Wildman–Crippen MR) is 143 cm³/mol. The summed E-state index contributed by atoms with van der Waals surface area (Å²) < 4.78 is 0. The maximum absolute atomic E-state index is 11.8. The van der Waals surface area contributed by atoms with Gasteiger partial charge >= 0.3 is 0 Å². The van der Waals surface area contributed by atoms with Crippen molar-refractivity contribution in [2.24, 2.45) is 17.3 Å². The quantitative estimate of drug-likeness (QED) is 0.119. The van der Waals surface area contributed by atoms with Crippen LogP contribution in [0.15, 0.2) is 58.7 Å². The highest BCUT2D eigenvalue weighted by atomic mass is 16.3. The molecule has 5 atom stereocenters. The maximum atomic E-state index is 11.8. The van der Waals surface area contributed by atoms with Crippen LogP contribution in [0.2, 0.25) is 0 Å². The molecule has 2 rings (SSSR count). The molecule has 0 unspecified atom stereocenters. The van der Waals surface area contributed by atoms with Gasteiger partial charge in [0.25, 0.3) is 0 Å². The van der Waals surface area contributed by atoms with Crippen LogP contribution in [-0.4, -0.2) is 63.3 Å². The normalized spacial score (nSPS) is 32.2. The Morgan fingerprint density at radius 2 is 1.89 bits per heavy atom. The number of rotatable bonds is 12. The Balaban J connectivity index is 2.40. The summed E-state index contributed by atoms with van der Waals surface area (Å²) >= 11 is 0. The van der Waals surface area contributed by atoms with E-state index in [1.807, 2.05) is 18.2 Å². The first-order valence-electron chi connectivity index (χ1n) is 13.2. The molecule has 2 saturated carbocycles. The third-order valence-corrected chi connectivity index (χ3v) is 8.41. The maximum Gasteiger partial charge on any atom is 0.145 e. The molecule has 0 amide bonds. The zero-order valence-corrected chi connectivity index (χ0v) is 22.2. The summed E-state index contributed by atoms with van der Waals surface area (Å²) in [7, 11) is 0. The molecule has 5 N–H and O–H groups in total. The largest absolute Gasteiger partial charge is 0.396 e. The van der Waals surface area contributed by atoms with Crippen molar-refractivity contribution in [2.75, 3.05) is 19.8 Å². The van der Waals surface area contributed by atoms with E-state index in [0.717, 1.165) is 30.3 Å². The van der Waals surface area contributed by atoms with E-state index in [4.69, 9.17) is 0 Å². The molecule has 0 aromatic heterocycles. The van der Waals surface area contributed by atoms with Crippen LogP contribution >= 0.6 is 0 Å². The molecule has 0 aromatic rings. The van der Waals surface area contributed by atoms with E-state index < -0.39 is 29.6 Å². The van der Waals surface area contributed by atoms with E-state index in [9.17, 15) is 30.3 Å². The molecule has 1 spiro atoms. The van der Waals surface area contributed by atoms with Gasteiger partial charge in [0.1, 0.15) is 6.29 Å². The van der Waals surface area contributed by atoms with Crippen LogP contribution in [0.25, 0.3) is 0 Å². The van der Waals surface area contributed by atoms with Gasteiger partial charge in [-0.05, 0) is 89.2 Å². The van der Waals surface area contributed by atoms with Gasteiger partial charge in [0.2, 0.25) is 0 Å². The van der Waals surface area contributed by atoms with Crippen molar-refractivity contribution in [2.45, 2.75) is 83.8 Å². The van der Waals surface area contributed by atoms with Gasteiger partial charge in [-0.2, -0.15) is 0 Å². The number of aliphatic hydroxyl groups excluding tert-OH is 4. The van der Waals surface area contributed by atoms with Crippen LogP contribution < -0.4 is 0 Å². The molecular weight excluding hydrogens is 456 g/mol. The number of hydrogen-bond donors (Lipinski definition) is 5. The van der Waals surface area contributed by atoms with Crippen LogP contribution in [0.3, 0.4) is 0 Å². The van der Waals surface area contributed by atoms with Gasteiger partial charge in [0.05, 0.1) is 24.9 Å². The van der Waals surface area contributed by atoms with Crippen molar-refractivity contribution < 1.29 is 30.3 Å². The Hall–Kier alpha value is -1.83. The van der Waals surface area contributed by atoms with Gasteiger partial charge in [-0.15, -0.1) is 0 Å². The predicted octanol–water partition coefficient (Wildman–Crippen LogP) is 3.94. The fourth-order valence-electron chi connectivity index (χ4n) is 6.45. The molecular formula is C30H46O6. The van der Waals surface area contributed by atoms with E-state index in [2.05, 4.69) is 26.5 Å². The minimum atomic E-state index is -1.52. The number of carbonyl (C=O) groups excluding carboxylic acids is 1. The summed E-state index contributed by atoms with van der Waals surface area (Å²) in [5.74, 6) is -0.754. The number of hydrogen-bond acceptors (Lipinski definition) is 6. The highest BCUT2D eigenvalue weighted by Gasteiger charge is 2.65. The lowest BCUT2D eigenvalue weighted by Crippen LogP contribution is -2.62. The molecule has 0 aromatic carbocycles. The van der Waals surface area contributed by atoms with Crippen molar-refractivity contribution >= 4 is 6.29 Å². The second-order valence-electron chi connectivity index (χ2n) is 10.8. The van der Waals surface area contributed by atoms with E-state index in [1.165, 1.54) is 5.57 Å². The molecule has 202 valence electrons. The molecule has 36 heavy (non-hydrogen) atoms. The zero-order valence-electron chi connectivity index (χ0n) is 22.2. The highest BCUT2D eigenvalue weighted by molar-refractivity contribution is 5.74. The van der Waals surface area contributed by atoms with E-state index in [1.54, 1.807) is 6.92 Å². The molecule has 0 radical (unpaired) electrons. The van der Waals surface area contributed by atoms with Crippen LogP contribution in [0.5, 0.6) is 0 Å². The first-order valence-corrected chi connectivity index (χ1v) is 13.2. The van der Waals surface area contributed by atoms with Crippen molar-refractivity contribution in [3.63, 3.8) is 0 Å². The Bertz CT molecular complexity index is 893. The molecule has 2 fully saturated rings. The number of allylic oxidation sites excluding steroid dienone is 8. The van der Waals surface area contributed by atoms with Crippen molar-refractivity contribution in [3.8, 4) is 0 Å². The summed E-state index contributed by atoms with van der Waals surface area (Å²) in [6.45, 7) is 9.18. The lowest BCUT2D eigenvalue weighted by molar-refractivity contribution is -0.195. The van der Waals surface area contributed by atoms with Gasteiger partial charge in [0, 0.05) is 17.9 Å². The number of aldehydes is 1. The van der Waals surface area contributed by atoms with E-state index in [0.29, 0.717) is 43.3 Å². The molecule has 2 aliphatic carbocycles. The van der Waals surface area contributed by atoms with Gasteiger partial charge in [-0.25, -0.2) is 0 Å². The second-order valence-corrected chi connectivity index (χ2v) is 10.8. The third-order valence-electron chi connectivity index (χ3n) is 8.41. The third kappa shape index (κ3) is 6.35. The van der Waals surface area contributed by atoms with Gasteiger partial charge < -0.3 is 25.5 Å². The molecule has 0 bridgehead atoms. The number of aliphatic hydroxyl groups is 5. The SMILES string of the molecule is C=C(/C=C/C=C(/CO)[C@@H]1CC[C@]2([C@@H]1O)[C@@H](CCCO)/C(=C(/C)C=O)CC[C@]2(O)CO)CCC=C(C)C. The summed E-state index contributed by atoms with van der Waals surface area (Å²) in [5.41, 5.74) is 1.77. The summed E-state index contributed by atoms with van der Waals surface area (Å²) in [6, 6.07) is 0. The van der Waals surface area contributed by atoms with Gasteiger partial charge in [-0.3, -0.25) is 4.79 Å². The standard InChI is InChI=1S/C30H46O6/c1-21(2)8-5-9-22(3)10-6-11-24(19-33)26-14-16-30(28(26)35)27(12-7-17-31)25(23(4)18-32)13-15-29(30,36)20-34/h6,8,10-11,18,26-28,31,33-36H,3,5,7,9,12-17,19-20H2,1-2,4H3/b10-6+,24-11-,25-23-/t26-,27-,28+,29-,30+/m0/s1. The van der Waals surface area contributed by atoms with Crippen molar-refractivity contribution in [1.29, 1.82) is 0 Å². The minimum absolute atomic E-state index is 0.0405. The fraction of sp³-hybridized carbons (Fsp3) is 0.633. The second kappa shape index (κ2) is 13.6. The van der Waals surface area contributed by atoms with Gasteiger partial charge in [0.15, 0.2) is 0 Å². The van der Waals surface area contributed by atoms with Crippen LogP contribution in [0.1, 0.15) is 72.1 Å². The highest BCUT2D eigenvalue weighted by Crippen LogP contribution is 2.62. The van der Waals surface area contributed by atoms with Crippen LogP contribution in [0, 0.1) is 17.3 Å². The Morgan fingerprint density at radius 3 is 2.47 bits per heavy atom. The summed E-state index contributed by atoms with van der Waals surface area (Å²) in [4.78, 5) is 11.7. The van der Waals surface area contributed by atoms with E-state index >= 15 is 0 Å². The fourth-order valence-corrected chi connectivity index (χ4v) is 6.45. The van der Waals surface area contributed by atoms with Crippen LogP contribution in [-0.2, 0) is 4.79 Å². The molecule has 2 aliphatic rings. The Morgan fingerprint density at radius 1 is 1.17 bits per heavy atom. The molecule has 0 aliphatic heterocycles. The molecule has 0 heterocycles. The monoisotopic (exact) mass is 502 g/mol. The smallest absolute Gasteiger partial charge is 0.145 e. The average Bonchev–Trinajstić information content (AvgIpc) is 3.19. The van der Waals surface area contributed by atoms with Crippen molar-refractivity contribution in [3.05, 3.63) is 58.7 Å². The van der Waals surface area contributed by atoms with Crippen molar-refractivity contribution in [1.82, 2.24) is 0 Å². The Kier molecular flexibility index (Phi) is 11.5. The Labute approximate surface area is 216 Å². The summed E-state index contributed by atoms with van der Waals surface area (Å²) in [5, 5.41) is 53.6. The lowest BCUT2D eigenvalue weighted by atomic mass is 9.52.